The van der Waals surface area contributed by atoms with Crippen molar-refractivity contribution in [3.8, 4) is 11.5 Å². The fourth-order valence-electron chi connectivity index (χ4n) is 3.20. The summed E-state index contributed by atoms with van der Waals surface area (Å²) >= 11 is 0. The molecule has 1 N–H and O–H groups in total. The highest BCUT2D eigenvalue weighted by atomic mass is 32.2. The Balaban J connectivity index is 1.58. The first-order valence-electron chi connectivity index (χ1n) is 8.22. The quantitative estimate of drug-likeness (QED) is 0.912. The third-order valence-electron chi connectivity index (χ3n) is 4.38. The summed E-state index contributed by atoms with van der Waals surface area (Å²) in [5.41, 5.74) is 0.957. The number of nitrogens with one attached hydrogen (secondary N) is 1. The molecule has 0 aromatic heterocycles. The van der Waals surface area contributed by atoms with Crippen LogP contribution in [-0.2, 0) is 10.0 Å². The molecule has 1 atom stereocenters. The van der Waals surface area contributed by atoms with E-state index in [1.165, 1.54) is 0 Å². The summed E-state index contributed by atoms with van der Waals surface area (Å²) in [4.78, 5) is 2.09. The first kappa shape index (κ1) is 16.1. The average molecular weight is 357 g/mol. The van der Waals surface area contributed by atoms with Crippen molar-refractivity contribution >= 4 is 15.9 Å². The molecule has 1 saturated heterocycles. The molecule has 0 bridgehead atoms. The maximum atomic E-state index is 12.1. The van der Waals surface area contributed by atoms with Crippen LogP contribution in [0.3, 0.4) is 0 Å². The Labute approximate surface area is 147 Å². The van der Waals surface area contributed by atoms with E-state index in [0.29, 0.717) is 12.4 Å². The van der Waals surface area contributed by atoms with Crippen molar-refractivity contribution in [3.05, 3.63) is 60.2 Å². The molecule has 2 aliphatic rings. The van der Waals surface area contributed by atoms with Crippen molar-refractivity contribution in [1.82, 2.24) is 10.2 Å². The molecule has 2 aliphatic heterocycles. The normalized spacial score (nSPS) is 22.0. The Morgan fingerprint density at radius 1 is 1.04 bits per heavy atom. The monoisotopic (exact) mass is 357 g/mol. The molecule has 0 radical (unpaired) electrons. The highest BCUT2D eigenvalue weighted by molar-refractivity contribution is 7.90. The van der Waals surface area contributed by atoms with Gasteiger partial charge in [-0.15, -0.1) is 4.40 Å². The Kier molecular flexibility index (Phi) is 4.19. The number of para-hydroxylation sites is 1. The standard InChI is InChI=1S/C18H19N3O3S/c22-25(23)13-17(21-11-10-19-12-18(21)20-25)14-6-8-16(9-7-14)24-15-4-2-1-3-5-15/h1-9,17,19H,10-13H2. The molecule has 1 fully saturated rings. The third-order valence-corrected chi connectivity index (χ3v) is 5.60. The Morgan fingerprint density at radius 3 is 2.52 bits per heavy atom. The number of fused-ring (bicyclic) bond motifs is 1. The molecular formula is C18H19N3O3S. The highest BCUT2D eigenvalue weighted by Gasteiger charge is 2.35. The van der Waals surface area contributed by atoms with Gasteiger partial charge in [0.1, 0.15) is 17.3 Å². The fourth-order valence-corrected chi connectivity index (χ4v) is 4.53. The number of amidine groups is 1. The van der Waals surface area contributed by atoms with Crippen LogP contribution in [0, 0.1) is 0 Å². The first-order chi connectivity index (χ1) is 12.1. The largest absolute Gasteiger partial charge is 0.457 e. The van der Waals surface area contributed by atoms with E-state index in [-0.39, 0.29) is 11.8 Å². The van der Waals surface area contributed by atoms with Crippen molar-refractivity contribution in [2.75, 3.05) is 25.4 Å². The van der Waals surface area contributed by atoms with E-state index in [9.17, 15) is 8.42 Å². The lowest BCUT2D eigenvalue weighted by molar-refractivity contribution is 0.306. The van der Waals surface area contributed by atoms with Crippen LogP contribution in [0.25, 0.3) is 0 Å². The van der Waals surface area contributed by atoms with Crippen LogP contribution in [0.4, 0.5) is 0 Å². The van der Waals surface area contributed by atoms with Gasteiger partial charge in [0.25, 0.3) is 10.0 Å². The first-order valence-corrected chi connectivity index (χ1v) is 9.83. The van der Waals surface area contributed by atoms with Gasteiger partial charge in [-0.25, -0.2) is 8.42 Å². The number of hydrogen-bond donors (Lipinski definition) is 1. The minimum Gasteiger partial charge on any atom is -0.457 e. The van der Waals surface area contributed by atoms with Crippen molar-refractivity contribution in [2.24, 2.45) is 4.40 Å². The van der Waals surface area contributed by atoms with Gasteiger partial charge in [0.05, 0.1) is 18.3 Å². The van der Waals surface area contributed by atoms with Gasteiger partial charge >= 0.3 is 0 Å². The van der Waals surface area contributed by atoms with E-state index < -0.39 is 10.0 Å². The SMILES string of the molecule is O=S1(=O)CC(c2ccc(Oc3ccccc3)cc2)N2CCNCC2=N1. The van der Waals surface area contributed by atoms with E-state index >= 15 is 0 Å². The van der Waals surface area contributed by atoms with Gasteiger partial charge in [0.2, 0.25) is 0 Å². The number of rotatable bonds is 3. The highest BCUT2D eigenvalue weighted by Crippen LogP contribution is 2.30. The molecule has 2 heterocycles. The van der Waals surface area contributed by atoms with Crippen LogP contribution in [0.1, 0.15) is 11.6 Å². The minimum atomic E-state index is -3.43. The number of benzene rings is 2. The lowest BCUT2D eigenvalue weighted by Gasteiger charge is -2.39. The molecule has 1 unspecified atom stereocenters. The van der Waals surface area contributed by atoms with Crippen molar-refractivity contribution in [3.63, 3.8) is 0 Å². The summed E-state index contributed by atoms with van der Waals surface area (Å²) in [5.74, 6) is 2.11. The molecule has 0 amide bonds. The van der Waals surface area contributed by atoms with Gasteiger partial charge in [-0.05, 0) is 29.8 Å². The van der Waals surface area contributed by atoms with Crippen LogP contribution in [0.5, 0.6) is 11.5 Å². The molecule has 2 aromatic rings. The zero-order valence-corrected chi connectivity index (χ0v) is 14.4. The average Bonchev–Trinajstić information content (AvgIpc) is 2.62. The van der Waals surface area contributed by atoms with Gasteiger partial charge < -0.3 is 15.0 Å². The lowest BCUT2D eigenvalue weighted by atomic mass is 10.1. The number of hydrogen-bond acceptors (Lipinski definition) is 5. The van der Waals surface area contributed by atoms with E-state index in [4.69, 9.17) is 4.74 Å². The summed E-state index contributed by atoms with van der Waals surface area (Å²) in [7, 11) is -3.43. The molecular weight excluding hydrogens is 338 g/mol. The number of sulfonamides is 1. The molecule has 4 rings (SSSR count). The van der Waals surface area contributed by atoms with Crippen LogP contribution in [0.15, 0.2) is 59.0 Å². The van der Waals surface area contributed by atoms with Crippen LogP contribution < -0.4 is 10.1 Å². The molecule has 0 spiro atoms. The maximum Gasteiger partial charge on any atom is 0.257 e. The second-order valence-electron chi connectivity index (χ2n) is 6.13. The summed E-state index contributed by atoms with van der Waals surface area (Å²) in [5, 5.41) is 3.17. The topological polar surface area (TPSA) is 71.0 Å². The smallest absolute Gasteiger partial charge is 0.257 e. The van der Waals surface area contributed by atoms with E-state index in [1.807, 2.05) is 54.6 Å². The van der Waals surface area contributed by atoms with E-state index in [2.05, 4.69) is 14.6 Å². The second kappa shape index (κ2) is 6.50. The molecule has 0 saturated carbocycles. The number of piperazine rings is 1. The predicted octanol–water partition coefficient (Wildman–Crippen LogP) is 2.17. The summed E-state index contributed by atoms with van der Waals surface area (Å²) in [6.07, 6.45) is 0. The number of ether oxygens (including phenoxy) is 1. The van der Waals surface area contributed by atoms with Crippen LogP contribution in [-0.4, -0.2) is 44.5 Å². The van der Waals surface area contributed by atoms with Gasteiger partial charge in [-0.1, -0.05) is 30.3 Å². The second-order valence-corrected chi connectivity index (χ2v) is 7.81. The molecule has 0 aliphatic carbocycles. The minimum absolute atomic E-state index is 0.00931. The summed E-state index contributed by atoms with van der Waals surface area (Å²) < 4.78 is 34.0. The van der Waals surface area contributed by atoms with Crippen LogP contribution in [0.2, 0.25) is 0 Å². The van der Waals surface area contributed by atoms with E-state index in [1.54, 1.807) is 0 Å². The molecule has 6 nitrogen and oxygen atoms in total. The van der Waals surface area contributed by atoms with Gasteiger partial charge in [-0.3, -0.25) is 0 Å². The number of nitrogens with zero attached hydrogens (tertiary/aromatic N) is 2. The van der Waals surface area contributed by atoms with Gasteiger partial charge in [0.15, 0.2) is 0 Å². The summed E-state index contributed by atoms with van der Waals surface area (Å²) in [6, 6.07) is 17.0. The van der Waals surface area contributed by atoms with Crippen molar-refractivity contribution < 1.29 is 13.2 Å². The predicted molar refractivity (Wildman–Crippen MR) is 96.5 cm³/mol. The Hall–Kier alpha value is -2.38. The Bertz CT molecular complexity index is 880. The molecule has 130 valence electrons. The fraction of sp³-hybridized carbons (Fsp3) is 0.278. The summed E-state index contributed by atoms with van der Waals surface area (Å²) in [6.45, 7) is 2.07. The molecule has 7 heteroatoms. The lowest BCUT2D eigenvalue weighted by Crippen LogP contribution is -2.53. The molecule has 25 heavy (non-hydrogen) atoms. The van der Waals surface area contributed by atoms with Gasteiger partial charge in [0, 0.05) is 13.1 Å². The van der Waals surface area contributed by atoms with Crippen molar-refractivity contribution in [1.29, 1.82) is 0 Å². The Morgan fingerprint density at radius 2 is 1.76 bits per heavy atom. The maximum absolute atomic E-state index is 12.1. The zero-order valence-electron chi connectivity index (χ0n) is 13.6. The zero-order chi connectivity index (χ0) is 17.3. The van der Waals surface area contributed by atoms with Crippen molar-refractivity contribution in [2.45, 2.75) is 6.04 Å². The molecule has 2 aromatic carbocycles. The van der Waals surface area contributed by atoms with Gasteiger partial charge in [-0.2, -0.15) is 0 Å². The van der Waals surface area contributed by atoms with Crippen LogP contribution >= 0.6 is 0 Å². The third kappa shape index (κ3) is 3.52. The van der Waals surface area contributed by atoms with E-state index in [0.717, 1.165) is 30.2 Å².